The number of ether oxygens (including phenoxy) is 1. The molecule has 0 radical (unpaired) electrons. The van der Waals surface area contributed by atoms with Crippen LogP contribution in [0.25, 0.3) is 6.08 Å². The molecule has 2 heterocycles. The molecule has 2 aliphatic rings. The molecule has 0 N–H and O–H groups in total. The van der Waals surface area contributed by atoms with Crippen LogP contribution in [0, 0.1) is 22.2 Å². The Kier molecular flexibility index (Phi) is 5.96. The van der Waals surface area contributed by atoms with Gasteiger partial charge in [-0.3, -0.25) is 9.59 Å². The van der Waals surface area contributed by atoms with Crippen LogP contribution >= 0.6 is 15.9 Å². The second-order valence-electron chi connectivity index (χ2n) is 9.56. The average Bonchev–Trinajstić information content (AvgIpc) is 3.10. The number of hydrogen-bond donors (Lipinski definition) is 0. The Morgan fingerprint density at radius 2 is 1.82 bits per heavy atom. The van der Waals surface area contributed by atoms with Gasteiger partial charge in [0.05, 0.1) is 24.8 Å². The van der Waals surface area contributed by atoms with Crippen molar-refractivity contribution in [3.05, 3.63) is 70.2 Å². The molecule has 0 amide bonds. The first-order valence-electron chi connectivity index (χ1n) is 11.1. The van der Waals surface area contributed by atoms with Gasteiger partial charge in [-0.1, -0.05) is 79.2 Å². The molecule has 4 atom stereocenters. The molecule has 2 aromatic carbocycles. The number of Topliss-reactive ketones (excluding diaryl/α,β-unsaturated/α-hetero) is 1. The fourth-order valence-electron chi connectivity index (χ4n) is 5.10. The fraction of sp³-hybridized carbons (Fsp3) is 0.370. The molecular weight excluding hydrogens is 480 g/mol. The summed E-state index contributed by atoms with van der Waals surface area (Å²) in [5, 5.41) is 10.7. The first-order valence-corrected chi connectivity index (χ1v) is 11.9. The van der Waals surface area contributed by atoms with E-state index in [4.69, 9.17) is 4.74 Å². The molecule has 0 saturated carbocycles. The highest BCUT2D eigenvalue weighted by atomic mass is 79.9. The SMILES string of the molecule is CCOC(=O)[C@]1(C#N)[C@@H]2C=Cc3ccccc3N2[C@H](C(=O)C(C)(C)C)[C@@H]1c1ccc(Br)cc1. The summed E-state index contributed by atoms with van der Waals surface area (Å²) in [5.74, 6) is -1.32. The van der Waals surface area contributed by atoms with Crippen molar-refractivity contribution in [3.63, 3.8) is 0 Å². The third-order valence-corrected chi connectivity index (χ3v) is 7.11. The second-order valence-corrected chi connectivity index (χ2v) is 10.5. The molecule has 33 heavy (non-hydrogen) atoms. The monoisotopic (exact) mass is 506 g/mol. The van der Waals surface area contributed by atoms with Crippen molar-refractivity contribution in [2.75, 3.05) is 11.5 Å². The number of nitrogens with zero attached hydrogens (tertiary/aromatic N) is 2. The molecular formula is C27H27BrN2O3. The van der Waals surface area contributed by atoms with Crippen LogP contribution in [-0.4, -0.2) is 30.4 Å². The van der Waals surface area contributed by atoms with Gasteiger partial charge in [-0.05, 0) is 36.2 Å². The van der Waals surface area contributed by atoms with Crippen molar-refractivity contribution in [3.8, 4) is 6.07 Å². The zero-order valence-electron chi connectivity index (χ0n) is 19.2. The summed E-state index contributed by atoms with van der Waals surface area (Å²) in [4.78, 5) is 29.6. The normalized spacial score (nSPS) is 25.7. The lowest BCUT2D eigenvalue weighted by molar-refractivity contribution is -0.152. The Hall–Kier alpha value is -2.91. The van der Waals surface area contributed by atoms with E-state index in [0.717, 1.165) is 21.3 Å². The maximum Gasteiger partial charge on any atom is 0.329 e. The number of halogens is 1. The second kappa shape index (κ2) is 8.46. The lowest BCUT2D eigenvalue weighted by Crippen LogP contribution is -2.48. The standard InChI is InChI=1S/C27H27BrN2O3/c1-5-33-25(32)27(16-29)21-15-12-17-8-6-7-9-20(17)30(21)23(24(31)26(2,3)4)22(27)18-10-13-19(28)14-11-18/h6-15,21-23H,5H2,1-4H3/t21-,22-,23-,27+/m0/s1. The van der Waals surface area contributed by atoms with Gasteiger partial charge in [0, 0.05) is 21.5 Å². The average molecular weight is 507 g/mol. The van der Waals surface area contributed by atoms with E-state index in [1.165, 1.54) is 0 Å². The van der Waals surface area contributed by atoms with Crippen LogP contribution in [0.4, 0.5) is 5.69 Å². The van der Waals surface area contributed by atoms with Gasteiger partial charge in [-0.15, -0.1) is 0 Å². The molecule has 0 spiro atoms. The van der Waals surface area contributed by atoms with Gasteiger partial charge in [0.25, 0.3) is 0 Å². The Morgan fingerprint density at radius 1 is 1.15 bits per heavy atom. The molecule has 6 heteroatoms. The predicted molar refractivity (Wildman–Crippen MR) is 132 cm³/mol. The number of para-hydroxylation sites is 1. The van der Waals surface area contributed by atoms with Crippen LogP contribution in [0.15, 0.2) is 59.1 Å². The van der Waals surface area contributed by atoms with Gasteiger partial charge in [0.2, 0.25) is 0 Å². The third-order valence-electron chi connectivity index (χ3n) is 6.58. The van der Waals surface area contributed by atoms with Crippen LogP contribution in [-0.2, 0) is 14.3 Å². The lowest BCUT2D eigenvalue weighted by Gasteiger charge is -2.37. The van der Waals surface area contributed by atoms with E-state index >= 15 is 0 Å². The minimum Gasteiger partial charge on any atom is -0.465 e. The molecule has 1 saturated heterocycles. The zero-order chi connectivity index (χ0) is 24.0. The van der Waals surface area contributed by atoms with Gasteiger partial charge in [0.1, 0.15) is 0 Å². The van der Waals surface area contributed by atoms with Gasteiger partial charge in [-0.2, -0.15) is 5.26 Å². The molecule has 2 aromatic rings. The summed E-state index contributed by atoms with van der Waals surface area (Å²) in [6.07, 6.45) is 3.81. The summed E-state index contributed by atoms with van der Waals surface area (Å²) in [6, 6.07) is 16.3. The molecule has 2 aliphatic heterocycles. The summed E-state index contributed by atoms with van der Waals surface area (Å²) in [7, 11) is 0. The number of hydrogen-bond acceptors (Lipinski definition) is 5. The van der Waals surface area contributed by atoms with E-state index in [-0.39, 0.29) is 12.4 Å². The predicted octanol–water partition coefficient (Wildman–Crippen LogP) is 5.51. The van der Waals surface area contributed by atoms with Gasteiger partial charge < -0.3 is 9.64 Å². The van der Waals surface area contributed by atoms with Crippen LogP contribution in [0.3, 0.4) is 0 Å². The number of anilines is 1. The van der Waals surface area contributed by atoms with Gasteiger partial charge in [0.15, 0.2) is 11.2 Å². The number of carbonyl (C=O) groups is 2. The van der Waals surface area contributed by atoms with Gasteiger partial charge in [-0.25, -0.2) is 0 Å². The number of fused-ring (bicyclic) bond motifs is 3. The number of carbonyl (C=O) groups excluding carboxylic acids is 2. The number of esters is 1. The molecule has 170 valence electrons. The van der Waals surface area contributed by atoms with Gasteiger partial charge >= 0.3 is 5.97 Å². The van der Waals surface area contributed by atoms with Crippen LogP contribution in [0.5, 0.6) is 0 Å². The lowest BCUT2D eigenvalue weighted by atomic mass is 9.67. The molecule has 0 unspecified atom stereocenters. The highest BCUT2D eigenvalue weighted by Crippen LogP contribution is 2.57. The highest BCUT2D eigenvalue weighted by molar-refractivity contribution is 9.10. The van der Waals surface area contributed by atoms with Crippen LogP contribution in [0.2, 0.25) is 0 Å². The molecule has 5 nitrogen and oxygen atoms in total. The fourth-order valence-corrected chi connectivity index (χ4v) is 5.37. The van der Waals surface area contributed by atoms with Crippen molar-refractivity contribution in [2.45, 2.75) is 45.7 Å². The van der Waals surface area contributed by atoms with Crippen LogP contribution in [0.1, 0.15) is 44.7 Å². The minimum absolute atomic E-state index is 0.0213. The Bertz CT molecular complexity index is 1160. The maximum atomic E-state index is 14.0. The summed E-state index contributed by atoms with van der Waals surface area (Å²) >= 11 is 3.47. The van der Waals surface area contributed by atoms with Crippen molar-refractivity contribution in [1.82, 2.24) is 0 Å². The molecule has 0 aromatic heterocycles. The number of rotatable bonds is 4. The molecule has 1 fully saturated rings. The summed E-state index contributed by atoms with van der Waals surface area (Å²) < 4.78 is 6.38. The van der Waals surface area contributed by atoms with E-state index in [1.807, 2.05) is 86.4 Å². The summed E-state index contributed by atoms with van der Waals surface area (Å²) in [6.45, 7) is 7.52. The van der Waals surface area contributed by atoms with E-state index in [0.29, 0.717) is 0 Å². The van der Waals surface area contributed by atoms with Crippen molar-refractivity contribution >= 4 is 39.4 Å². The first-order chi connectivity index (χ1) is 15.7. The van der Waals surface area contributed by atoms with Crippen molar-refractivity contribution in [1.29, 1.82) is 5.26 Å². The Balaban J connectivity index is 2.05. The molecule has 4 rings (SSSR count). The quantitative estimate of drug-likeness (QED) is 0.511. The largest absolute Gasteiger partial charge is 0.465 e. The number of nitriles is 1. The molecule has 0 bridgehead atoms. The van der Waals surface area contributed by atoms with Crippen molar-refractivity contribution in [2.24, 2.45) is 10.8 Å². The van der Waals surface area contributed by atoms with E-state index in [2.05, 4.69) is 22.0 Å². The highest BCUT2D eigenvalue weighted by Gasteiger charge is 2.67. The number of ketones is 1. The maximum absolute atomic E-state index is 14.0. The Morgan fingerprint density at radius 3 is 2.42 bits per heavy atom. The smallest absolute Gasteiger partial charge is 0.329 e. The number of benzene rings is 2. The van der Waals surface area contributed by atoms with Crippen LogP contribution < -0.4 is 4.90 Å². The first kappa shape index (κ1) is 23.3. The summed E-state index contributed by atoms with van der Waals surface area (Å²) in [5.41, 5.74) is 0.290. The van der Waals surface area contributed by atoms with E-state index in [1.54, 1.807) is 6.92 Å². The minimum atomic E-state index is -1.58. The zero-order valence-corrected chi connectivity index (χ0v) is 20.8. The molecule has 0 aliphatic carbocycles. The Labute approximate surface area is 203 Å². The van der Waals surface area contributed by atoms with E-state index in [9.17, 15) is 14.9 Å². The topological polar surface area (TPSA) is 70.4 Å². The van der Waals surface area contributed by atoms with E-state index < -0.39 is 34.8 Å². The third kappa shape index (κ3) is 3.59. The van der Waals surface area contributed by atoms with Crippen molar-refractivity contribution < 1.29 is 14.3 Å².